The number of aliphatic hydroxyl groups is 4. The van der Waals surface area contributed by atoms with E-state index < -0.39 is 29.7 Å². The maximum atomic E-state index is 11.9. The van der Waals surface area contributed by atoms with Crippen LogP contribution in [0.2, 0.25) is 0 Å². The van der Waals surface area contributed by atoms with Crippen LogP contribution >= 0.6 is 0 Å². The summed E-state index contributed by atoms with van der Waals surface area (Å²) < 4.78 is 0. The average Bonchev–Trinajstić information content (AvgIpc) is 3.28. The highest BCUT2D eigenvalue weighted by Gasteiger charge is 2.68. The van der Waals surface area contributed by atoms with E-state index in [0.717, 1.165) is 38.5 Å². The summed E-state index contributed by atoms with van der Waals surface area (Å²) in [4.78, 5) is 11.9. The summed E-state index contributed by atoms with van der Waals surface area (Å²) in [6.07, 6.45) is 4.85. The lowest BCUT2D eigenvalue weighted by Crippen LogP contribution is -2.65. The van der Waals surface area contributed by atoms with Gasteiger partial charge in [0.05, 0.1) is 29.8 Å². The Morgan fingerprint density at radius 3 is 2.24 bits per heavy atom. The van der Waals surface area contributed by atoms with E-state index in [4.69, 9.17) is 0 Å². The second-order valence-corrected chi connectivity index (χ2v) is 13.6. The van der Waals surface area contributed by atoms with Crippen LogP contribution in [-0.4, -0.2) is 55.9 Å². The third-order valence-electron chi connectivity index (χ3n) is 12.4. The summed E-state index contributed by atoms with van der Waals surface area (Å²) >= 11 is 0. The van der Waals surface area contributed by atoms with E-state index in [1.165, 1.54) is 0 Å². The van der Waals surface area contributed by atoms with E-state index in [1.807, 2.05) is 0 Å². The molecule has 5 saturated carbocycles. The van der Waals surface area contributed by atoms with E-state index in [-0.39, 0.29) is 58.4 Å². The lowest BCUT2D eigenvalue weighted by Gasteiger charge is -2.65. The molecule has 0 amide bonds. The molecule has 5 fully saturated rings. The Labute approximate surface area is 204 Å². The quantitative estimate of drug-likeness (QED) is 0.413. The fourth-order valence-corrected chi connectivity index (χ4v) is 10.4. The number of carboxylic acids is 1. The number of hydrogen-bond acceptors (Lipinski definition) is 5. The van der Waals surface area contributed by atoms with E-state index >= 15 is 0 Å². The van der Waals surface area contributed by atoms with Gasteiger partial charge in [-0.25, -0.2) is 0 Å². The first-order chi connectivity index (χ1) is 15.9. The number of carboxylic acid groups (broad SMARTS) is 1. The topological polar surface area (TPSA) is 118 Å². The minimum Gasteiger partial charge on any atom is -0.481 e. The molecule has 0 spiro atoms. The zero-order chi connectivity index (χ0) is 24.8. The molecule has 0 aromatic rings. The molecule has 194 valence electrons. The molecule has 14 atom stereocenters. The fraction of sp³-hybridized carbons (Fsp3) is 0.964. The monoisotopic (exact) mass is 478 g/mol. The predicted octanol–water partition coefficient (Wildman–Crippen LogP) is 3.45. The molecule has 5 aliphatic rings. The molecular formula is C28H46O6. The van der Waals surface area contributed by atoms with Gasteiger partial charge in [-0.2, -0.15) is 0 Å². The fourth-order valence-electron chi connectivity index (χ4n) is 10.4. The molecule has 0 aromatic carbocycles. The van der Waals surface area contributed by atoms with Gasteiger partial charge < -0.3 is 25.5 Å². The van der Waals surface area contributed by atoms with Crippen LogP contribution in [0.4, 0.5) is 0 Å². The Morgan fingerprint density at radius 2 is 1.65 bits per heavy atom. The minimum absolute atomic E-state index is 0.0291. The molecule has 0 bridgehead atoms. The van der Waals surface area contributed by atoms with Crippen molar-refractivity contribution in [2.75, 3.05) is 0 Å². The Kier molecular flexibility index (Phi) is 5.99. The number of carbonyl (C=O) groups is 1. The minimum atomic E-state index is -1.02. The van der Waals surface area contributed by atoms with Crippen LogP contribution < -0.4 is 0 Å². The maximum Gasteiger partial charge on any atom is 0.312 e. The van der Waals surface area contributed by atoms with Gasteiger partial charge in [0, 0.05) is 0 Å². The average molecular weight is 479 g/mol. The Morgan fingerprint density at radius 1 is 0.971 bits per heavy atom. The van der Waals surface area contributed by atoms with Crippen molar-refractivity contribution in [1.29, 1.82) is 0 Å². The van der Waals surface area contributed by atoms with Gasteiger partial charge in [-0.15, -0.1) is 0 Å². The molecule has 5 rings (SSSR count). The Hall–Kier alpha value is -0.690. The summed E-state index contributed by atoms with van der Waals surface area (Å²) in [6.45, 7) is 8.85. The third-order valence-corrected chi connectivity index (χ3v) is 12.4. The lowest BCUT2D eigenvalue weighted by molar-refractivity contribution is -0.228. The van der Waals surface area contributed by atoms with Crippen LogP contribution in [0.3, 0.4) is 0 Å². The first-order valence-electron chi connectivity index (χ1n) is 13.9. The Bertz CT molecular complexity index is 817. The normalized spacial score (nSPS) is 57.3. The van der Waals surface area contributed by atoms with Crippen molar-refractivity contribution in [3.05, 3.63) is 0 Å². The molecular weight excluding hydrogens is 432 g/mol. The molecule has 0 heterocycles. The molecule has 5 N–H and O–H groups in total. The molecule has 34 heavy (non-hydrogen) atoms. The van der Waals surface area contributed by atoms with Crippen LogP contribution in [-0.2, 0) is 4.79 Å². The van der Waals surface area contributed by atoms with Crippen molar-refractivity contribution in [1.82, 2.24) is 0 Å². The van der Waals surface area contributed by atoms with Gasteiger partial charge in [-0.1, -0.05) is 34.1 Å². The summed E-state index contributed by atoms with van der Waals surface area (Å²) in [6, 6.07) is 0. The first kappa shape index (κ1) is 25.0. The molecule has 0 aliphatic heterocycles. The van der Waals surface area contributed by atoms with Gasteiger partial charge in [0.2, 0.25) is 0 Å². The second kappa shape index (κ2) is 8.16. The van der Waals surface area contributed by atoms with E-state index in [0.29, 0.717) is 19.3 Å². The smallest absolute Gasteiger partial charge is 0.312 e. The second-order valence-electron chi connectivity index (χ2n) is 13.6. The van der Waals surface area contributed by atoms with Crippen molar-refractivity contribution in [2.24, 2.45) is 57.7 Å². The van der Waals surface area contributed by atoms with Crippen molar-refractivity contribution in [3.63, 3.8) is 0 Å². The Balaban J connectivity index is 1.45. The summed E-state index contributed by atoms with van der Waals surface area (Å²) in [7, 11) is 0. The lowest BCUT2D eigenvalue weighted by atomic mass is 9.41. The predicted molar refractivity (Wildman–Crippen MR) is 128 cm³/mol. The van der Waals surface area contributed by atoms with Gasteiger partial charge >= 0.3 is 5.97 Å². The van der Waals surface area contributed by atoms with Crippen molar-refractivity contribution in [3.8, 4) is 0 Å². The van der Waals surface area contributed by atoms with E-state index in [1.54, 1.807) is 0 Å². The summed E-state index contributed by atoms with van der Waals surface area (Å²) in [5.74, 6) is 0.447. The zero-order valence-corrected chi connectivity index (χ0v) is 21.4. The molecule has 4 unspecified atom stereocenters. The number of aliphatic hydroxyl groups excluding tert-OH is 4. The van der Waals surface area contributed by atoms with Crippen molar-refractivity contribution < 1.29 is 30.3 Å². The van der Waals surface area contributed by atoms with Crippen LogP contribution in [0.5, 0.6) is 0 Å². The maximum absolute atomic E-state index is 11.9. The van der Waals surface area contributed by atoms with Crippen molar-refractivity contribution in [2.45, 2.75) is 110 Å². The zero-order valence-electron chi connectivity index (χ0n) is 21.4. The summed E-state index contributed by atoms with van der Waals surface area (Å²) in [5, 5.41) is 53.9. The number of fused-ring (bicyclic) bond motifs is 5. The van der Waals surface area contributed by atoms with Gasteiger partial charge in [0.1, 0.15) is 0 Å². The third kappa shape index (κ3) is 3.23. The van der Waals surface area contributed by atoms with Gasteiger partial charge in [-0.3, -0.25) is 4.79 Å². The van der Waals surface area contributed by atoms with E-state index in [2.05, 4.69) is 27.7 Å². The van der Waals surface area contributed by atoms with Crippen LogP contribution in [0.15, 0.2) is 0 Å². The SMILES string of the molecule is CC[C@H]1[C@@H](O)C2C3CC[C@H]([C@H](C)CC4(C(=O)O)C[C@H]4O)[C@@]3(C)[C@@H](O)CC2[C@@]2(C)CC[C@@H](O)C[C@@H]12. The van der Waals surface area contributed by atoms with Crippen LogP contribution in [0.25, 0.3) is 0 Å². The molecule has 0 radical (unpaired) electrons. The first-order valence-corrected chi connectivity index (χ1v) is 13.9. The van der Waals surface area contributed by atoms with Gasteiger partial charge in [0.15, 0.2) is 0 Å². The molecule has 6 nitrogen and oxygen atoms in total. The van der Waals surface area contributed by atoms with Crippen LogP contribution in [0.1, 0.15) is 85.5 Å². The van der Waals surface area contributed by atoms with Crippen molar-refractivity contribution >= 4 is 5.97 Å². The molecule has 0 saturated heterocycles. The highest BCUT2D eigenvalue weighted by atomic mass is 16.4. The van der Waals surface area contributed by atoms with Crippen LogP contribution in [0, 0.1) is 57.7 Å². The largest absolute Gasteiger partial charge is 0.481 e. The number of rotatable bonds is 5. The van der Waals surface area contributed by atoms with Gasteiger partial charge in [0.25, 0.3) is 0 Å². The molecule has 6 heteroatoms. The standard InChI is InChI=1S/C28H46O6/c1-5-16-19-10-15(29)8-9-26(19,3)20-11-21(30)27(4)17(6-7-18(27)23(20)24(16)32)14(2)12-28(25(33)34)13-22(28)31/h14-24,29-32H,5-13H2,1-4H3,(H,33,34)/t14-,15-,16-,17-,18?,19+,20?,21+,22-,23?,24-,26+,27-,28?/m1/s1. The molecule has 0 aromatic heterocycles. The van der Waals surface area contributed by atoms with E-state index in [9.17, 15) is 30.3 Å². The van der Waals surface area contributed by atoms with Gasteiger partial charge in [-0.05, 0) is 104 Å². The summed E-state index contributed by atoms with van der Waals surface area (Å²) in [5.41, 5.74) is -1.34. The number of hydrogen-bond donors (Lipinski definition) is 5. The number of aliphatic carboxylic acids is 1. The highest BCUT2D eigenvalue weighted by molar-refractivity contribution is 5.79. The molecule has 5 aliphatic carbocycles. The highest BCUT2D eigenvalue weighted by Crippen LogP contribution is 2.70.